The Kier molecular flexibility index (Phi) is 9.72. The van der Waals surface area contributed by atoms with Crippen LogP contribution in [-0.2, 0) is 14.3 Å². The van der Waals surface area contributed by atoms with Crippen molar-refractivity contribution in [2.75, 3.05) is 59.6 Å². The highest BCUT2D eigenvalue weighted by Gasteiger charge is 2.39. The van der Waals surface area contributed by atoms with Crippen molar-refractivity contribution < 1.29 is 23.7 Å². The molecule has 1 heterocycles. The van der Waals surface area contributed by atoms with Crippen molar-refractivity contribution in [1.29, 1.82) is 0 Å². The van der Waals surface area contributed by atoms with E-state index in [4.69, 9.17) is 18.9 Å². The highest BCUT2D eigenvalue weighted by atomic mass is 35.5. The first-order valence-corrected chi connectivity index (χ1v) is 8.46. The minimum Gasteiger partial charge on any atom is -0.493 e. The summed E-state index contributed by atoms with van der Waals surface area (Å²) in [5, 5.41) is 6.29. The molecular formula is C18H29ClN2O5. The third-order valence-corrected chi connectivity index (χ3v) is 4.43. The first-order chi connectivity index (χ1) is 12.1. The van der Waals surface area contributed by atoms with E-state index in [-0.39, 0.29) is 18.3 Å². The molecule has 0 spiro atoms. The second kappa shape index (κ2) is 11.2. The topological polar surface area (TPSA) is 78.1 Å². The van der Waals surface area contributed by atoms with Gasteiger partial charge in [0.1, 0.15) is 6.61 Å². The Morgan fingerprint density at radius 3 is 2.46 bits per heavy atom. The summed E-state index contributed by atoms with van der Waals surface area (Å²) in [6.07, 6.45) is 1.50. The van der Waals surface area contributed by atoms with Crippen LogP contribution < -0.4 is 20.1 Å². The van der Waals surface area contributed by atoms with Crippen LogP contribution in [0.4, 0.5) is 5.69 Å². The summed E-state index contributed by atoms with van der Waals surface area (Å²) >= 11 is 0. The number of nitrogens with one attached hydrogen (secondary N) is 2. The highest BCUT2D eigenvalue weighted by molar-refractivity contribution is 5.95. The lowest BCUT2D eigenvalue weighted by Crippen LogP contribution is -2.47. The Hall–Kier alpha value is -1.54. The Morgan fingerprint density at radius 1 is 1.12 bits per heavy atom. The number of benzene rings is 1. The lowest BCUT2D eigenvalue weighted by molar-refractivity contribution is -0.130. The van der Waals surface area contributed by atoms with E-state index in [1.165, 1.54) is 0 Å². The van der Waals surface area contributed by atoms with Crippen molar-refractivity contribution in [2.24, 2.45) is 5.41 Å². The fourth-order valence-corrected chi connectivity index (χ4v) is 2.98. The van der Waals surface area contributed by atoms with Crippen molar-refractivity contribution in [1.82, 2.24) is 5.32 Å². The van der Waals surface area contributed by atoms with Crippen LogP contribution in [0.25, 0.3) is 0 Å². The number of hydrogen-bond acceptors (Lipinski definition) is 6. The van der Waals surface area contributed by atoms with E-state index in [0.717, 1.165) is 25.9 Å². The fraction of sp³-hybridized carbons (Fsp3) is 0.611. The largest absolute Gasteiger partial charge is 0.493 e. The monoisotopic (exact) mass is 388 g/mol. The maximum Gasteiger partial charge on any atom is 0.233 e. The minimum absolute atomic E-state index is 0. The number of anilines is 1. The quantitative estimate of drug-likeness (QED) is 0.631. The Balaban J connectivity index is 0.00000338. The maximum atomic E-state index is 12.9. The lowest BCUT2D eigenvalue weighted by Gasteiger charge is -2.35. The Morgan fingerprint density at radius 2 is 1.85 bits per heavy atom. The summed E-state index contributed by atoms with van der Waals surface area (Å²) in [4.78, 5) is 12.9. The predicted octanol–water partition coefficient (Wildman–Crippen LogP) is 2.10. The molecule has 1 aliphatic rings. The van der Waals surface area contributed by atoms with E-state index in [2.05, 4.69) is 10.6 Å². The number of halogens is 1. The van der Waals surface area contributed by atoms with Gasteiger partial charge in [0.2, 0.25) is 5.91 Å². The molecule has 0 unspecified atom stereocenters. The summed E-state index contributed by atoms with van der Waals surface area (Å²) in [5.74, 6) is 1.16. The molecular weight excluding hydrogens is 360 g/mol. The molecule has 1 aromatic rings. The molecule has 148 valence electrons. The zero-order valence-corrected chi connectivity index (χ0v) is 16.4. The molecule has 2 N–H and O–H groups in total. The van der Waals surface area contributed by atoms with Crippen molar-refractivity contribution in [2.45, 2.75) is 12.8 Å². The number of methoxy groups -OCH3 is 3. The van der Waals surface area contributed by atoms with E-state index in [9.17, 15) is 4.79 Å². The molecule has 0 bridgehead atoms. The van der Waals surface area contributed by atoms with Gasteiger partial charge in [-0.05, 0) is 38.1 Å². The fourth-order valence-electron chi connectivity index (χ4n) is 2.98. The van der Waals surface area contributed by atoms with E-state index in [0.29, 0.717) is 37.0 Å². The van der Waals surface area contributed by atoms with Crippen molar-refractivity contribution in [3.8, 4) is 11.5 Å². The second-order valence-corrected chi connectivity index (χ2v) is 6.12. The van der Waals surface area contributed by atoms with Gasteiger partial charge in [0.15, 0.2) is 11.5 Å². The Bertz CT molecular complexity index is 559. The summed E-state index contributed by atoms with van der Waals surface area (Å²) in [6, 6.07) is 5.36. The molecule has 0 radical (unpaired) electrons. The third-order valence-electron chi connectivity index (χ3n) is 4.43. The minimum atomic E-state index is -0.503. The molecule has 1 aromatic carbocycles. The number of amides is 1. The number of ether oxygens (including phenoxy) is 4. The van der Waals surface area contributed by atoms with Gasteiger partial charge in [-0.3, -0.25) is 4.79 Å². The Labute approximate surface area is 161 Å². The van der Waals surface area contributed by atoms with E-state index < -0.39 is 5.41 Å². The zero-order chi connectivity index (χ0) is 18.1. The summed E-state index contributed by atoms with van der Waals surface area (Å²) < 4.78 is 21.3. The van der Waals surface area contributed by atoms with Crippen molar-refractivity contribution in [3.63, 3.8) is 0 Å². The van der Waals surface area contributed by atoms with Crippen LogP contribution in [0.15, 0.2) is 18.2 Å². The average Bonchev–Trinajstić information content (AvgIpc) is 2.63. The van der Waals surface area contributed by atoms with Crippen LogP contribution >= 0.6 is 12.4 Å². The zero-order valence-electron chi connectivity index (χ0n) is 15.6. The van der Waals surface area contributed by atoms with Gasteiger partial charge in [-0.2, -0.15) is 0 Å². The van der Waals surface area contributed by atoms with Gasteiger partial charge >= 0.3 is 0 Å². The predicted molar refractivity (Wildman–Crippen MR) is 103 cm³/mol. The summed E-state index contributed by atoms with van der Waals surface area (Å²) in [7, 11) is 4.83. The SMILES string of the molecule is COCCOc1cc(NC(=O)C2(COC)CCNCC2)ccc1OC.Cl. The average molecular weight is 389 g/mol. The van der Waals surface area contributed by atoms with Gasteiger partial charge in [0.25, 0.3) is 0 Å². The summed E-state index contributed by atoms with van der Waals surface area (Å²) in [5.41, 5.74) is 0.170. The van der Waals surface area contributed by atoms with E-state index >= 15 is 0 Å². The molecule has 26 heavy (non-hydrogen) atoms. The molecule has 1 aliphatic heterocycles. The number of carbonyl (C=O) groups excluding carboxylic acids is 1. The van der Waals surface area contributed by atoms with E-state index in [1.807, 2.05) is 6.07 Å². The van der Waals surface area contributed by atoms with Crippen LogP contribution in [0.5, 0.6) is 11.5 Å². The number of carbonyl (C=O) groups is 1. The van der Waals surface area contributed by atoms with E-state index in [1.54, 1.807) is 33.5 Å². The van der Waals surface area contributed by atoms with Gasteiger partial charge in [0, 0.05) is 26.0 Å². The summed E-state index contributed by atoms with van der Waals surface area (Å²) in [6.45, 7) is 2.91. The first kappa shape index (κ1) is 22.5. The normalized spacial score (nSPS) is 15.7. The smallest absolute Gasteiger partial charge is 0.233 e. The molecule has 0 saturated carbocycles. The van der Waals surface area contributed by atoms with Crippen LogP contribution in [-0.4, -0.2) is 60.1 Å². The van der Waals surface area contributed by atoms with Crippen LogP contribution in [0.1, 0.15) is 12.8 Å². The number of rotatable bonds is 9. The van der Waals surface area contributed by atoms with Crippen LogP contribution in [0, 0.1) is 5.41 Å². The molecule has 0 aliphatic carbocycles. The second-order valence-electron chi connectivity index (χ2n) is 6.12. The van der Waals surface area contributed by atoms with Crippen molar-refractivity contribution in [3.05, 3.63) is 18.2 Å². The van der Waals surface area contributed by atoms with Gasteiger partial charge in [-0.15, -0.1) is 12.4 Å². The van der Waals surface area contributed by atoms with Crippen LogP contribution in [0.2, 0.25) is 0 Å². The third kappa shape index (κ3) is 5.74. The number of hydrogen-bond donors (Lipinski definition) is 2. The molecule has 7 nitrogen and oxygen atoms in total. The molecule has 1 saturated heterocycles. The van der Waals surface area contributed by atoms with Crippen LogP contribution in [0.3, 0.4) is 0 Å². The molecule has 0 aromatic heterocycles. The molecule has 0 atom stereocenters. The molecule has 1 fully saturated rings. The maximum absolute atomic E-state index is 12.9. The van der Waals surface area contributed by atoms with Gasteiger partial charge < -0.3 is 29.6 Å². The lowest BCUT2D eigenvalue weighted by atomic mass is 9.78. The molecule has 8 heteroatoms. The van der Waals surface area contributed by atoms with Gasteiger partial charge in [-0.1, -0.05) is 0 Å². The van der Waals surface area contributed by atoms with Crippen molar-refractivity contribution >= 4 is 24.0 Å². The van der Waals surface area contributed by atoms with Gasteiger partial charge in [0.05, 0.1) is 25.7 Å². The number of piperidine rings is 1. The van der Waals surface area contributed by atoms with Gasteiger partial charge in [-0.25, -0.2) is 0 Å². The standard InChI is InChI=1S/C18H28N2O5.ClH/c1-22-10-11-25-16-12-14(4-5-15(16)24-3)20-17(21)18(13-23-2)6-8-19-9-7-18;/h4-5,12,19H,6-11,13H2,1-3H3,(H,20,21);1H. The molecule has 1 amide bonds. The first-order valence-electron chi connectivity index (χ1n) is 8.46. The highest BCUT2D eigenvalue weighted by Crippen LogP contribution is 2.33. The molecule has 2 rings (SSSR count).